The predicted octanol–water partition coefficient (Wildman–Crippen LogP) is 2.09. The zero-order valence-corrected chi connectivity index (χ0v) is 12.0. The standard InChI is InChI=1S/C15H23NO3/c1-4-19-15(17)12-16(10-13(2)18-3)11-14-8-6-5-7-9-14/h5-9,13H,4,10-12H2,1-3H3. The Kier molecular flexibility index (Phi) is 7.15. The van der Waals surface area contributed by atoms with Crippen LogP contribution in [0.1, 0.15) is 19.4 Å². The second-order valence-corrected chi connectivity index (χ2v) is 4.51. The number of hydrogen-bond donors (Lipinski definition) is 0. The van der Waals surface area contributed by atoms with Gasteiger partial charge in [0.25, 0.3) is 0 Å². The van der Waals surface area contributed by atoms with Crippen LogP contribution in [0.2, 0.25) is 0 Å². The zero-order valence-electron chi connectivity index (χ0n) is 12.0. The Morgan fingerprint density at radius 1 is 1.32 bits per heavy atom. The van der Waals surface area contributed by atoms with E-state index in [-0.39, 0.29) is 18.6 Å². The zero-order chi connectivity index (χ0) is 14.1. The monoisotopic (exact) mass is 265 g/mol. The molecule has 1 atom stereocenters. The van der Waals surface area contributed by atoms with Gasteiger partial charge in [0.2, 0.25) is 0 Å². The molecular formula is C15H23NO3. The second-order valence-electron chi connectivity index (χ2n) is 4.51. The summed E-state index contributed by atoms with van der Waals surface area (Å²) in [6.45, 7) is 5.92. The summed E-state index contributed by atoms with van der Waals surface area (Å²) in [6.07, 6.45) is 0.0816. The van der Waals surface area contributed by atoms with Crippen LogP contribution in [0.25, 0.3) is 0 Å². The molecule has 0 radical (unpaired) electrons. The van der Waals surface area contributed by atoms with Crippen molar-refractivity contribution in [2.45, 2.75) is 26.5 Å². The van der Waals surface area contributed by atoms with Gasteiger partial charge < -0.3 is 9.47 Å². The van der Waals surface area contributed by atoms with Gasteiger partial charge >= 0.3 is 5.97 Å². The maximum Gasteiger partial charge on any atom is 0.320 e. The summed E-state index contributed by atoms with van der Waals surface area (Å²) in [7, 11) is 1.68. The Bertz CT molecular complexity index is 367. The normalized spacial score (nSPS) is 12.4. The molecule has 0 saturated heterocycles. The summed E-state index contributed by atoms with van der Waals surface area (Å²) in [5.41, 5.74) is 1.18. The van der Waals surface area contributed by atoms with E-state index < -0.39 is 0 Å². The first kappa shape index (κ1) is 15.7. The third-order valence-corrected chi connectivity index (χ3v) is 2.82. The number of benzene rings is 1. The third kappa shape index (κ3) is 6.36. The van der Waals surface area contributed by atoms with Crippen molar-refractivity contribution in [1.82, 2.24) is 4.90 Å². The van der Waals surface area contributed by atoms with E-state index in [0.717, 1.165) is 0 Å². The SMILES string of the molecule is CCOC(=O)CN(Cc1ccccc1)CC(C)OC. The summed E-state index contributed by atoms with van der Waals surface area (Å²) in [6, 6.07) is 10.1. The molecule has 0 heterocycles. The van der Waals surface area contributed by atoms with Crippen molar-refractivity contribution in [2.75, 3.05) is 26.8 Å². The Morgan fingerprint density at radius 3 is 2.58 bits per heavy atom. The Labute approximate surface area is 115 Å². The number of carbonyl (C=O) groups excluding carboxylic acids is 1. The molecule has 0 aliphatic carbocycles. The van der Waals surface area contributed by atoms with E-state index in [9.17, 15) is 4.79 Å². The molecule has 0 N–H and O–H groups in total. The maximum atomic E-state index is 11.6. The average molecular weight is 265 g/mol. The molecule has 4 heteroatoms. The van der Waals surface area contributed by atoms with Crippen LogP contribution < -0.4 is 0 Å². The molecule has 0 aliphatic heterocycles. The van der Waals surface area contributed by atoms with Crippen LogP contribution in [0.3, 0.4) is 0 Å². The van der Waals surface area contributed by atoms with E-state index in [0.29, 0.717) is 19.7 Å². The average Bonchev–Trinajstić information content (AvgIpc) is 2.39. The quantitative estimate of drug-likeness (QED) is 0.675. The minimum absolute atomic E-state index is 0.0816. The van der Waals surface area contributed by atoms with Gasteiger partial charge in [0.05, 0.1) is 19.3 Å². The van der Waals surface area contributed by atoms with Crippen LogP contribution in [0.15, 0.2) is 30.3 Å². The largest absolute Gasteiger partial charge is 0.465 e. The van der Waals surface area contributed by atoms with Crippen LogP contribution in [0, 0.1) is 0 Å². The smallest absolute Gasteiger partial charge is 0.320 e. The molecule has 0 aromatic heterocycles. The lowest BCUT2D eigenvalue weighted by Crippen LogP contribution is -2.36. The van der Waals surface area contributed by atoms with E-state index >= 15 is 0 Å². The van der Waals surface area contributed by atoms with Crippen LogP contribution in [0.5, 0.6) is 0 Å². The first-order chi connectivity index (χ1) is 9.15. The van der Waals surface area contributed by atoms with Gasteiger partial charge in [-0.3, -0.25) is 9.69 Å². The fourth-order valence-electron chi connectivity index (χ4n) is 1.85. The first-order valence-electron chi connectivity index (χ1n) is 6.60. The van der Waals surface area contributed by atoms with Gasteiger partial charge in [-0.2, -0.15) is 0 Å². The molecule has 1 unspecified atom stereocenters. The highest BCUT2D eigenvalue weighted by atomic mass is 16.5. The molecule has 1 aromatic carbocycles. The van der Waals surface area contributed by atoms with Gasteiger partial charge in [0.1, 0.15) is 0 Å². The molecular weight excluding hydrogens is 242 g/mol. The van der Waals surface area contributed by atoms with Crippen LogP contribution >= 0.6 is 0 Å². The number of methoxy groups -OCH3 is 1. The lowest BCUT2D eigenvalue weighted by Gasteiger charge is -2.24. The van der Waals surface area contributed by atoms with Crippen molar-refractivity contribution >= 4 is 5.97 Å². The van der Waals surface area contributed by atoms with Crippen molar-refractivity contribution in [3.63, 3.8) is 0 Å². The molecule has 0 amide bonds. The Morgan fingerprint density at radius 2 is 2.00 bits per heavy atom. The number of carbonyl (C=O) groups is 1. The van der Waals surface area contributed by atoms with Crippen molar-refractivity contribution in [3.8, 4) is 0 Å². The second kappa shape index (κ2) is 8.67. The molecule has 4 nitrogen and oxygen atoms in total. The molecule has 0 spiro atoms. The summed E-state index contributed by atoms with van der Waals surface area (Å²) >= 11 is 0. The number of hydrogen-bond acceptors (Lipinski definition) is 4. The van der Waals surface area contributed by atoms with Gasteiger partial charge in [-0.05, 0) is 19.4 Å². The van der Waals surface area contributed by atoms with Crippen LogP contribution in [-0.2, 0) is 20.8 Å². The lowest BCUT2D eigenvalue weighted by atomic mass is 10.2. The number of esters is 1. The Hall–Kier alpha value is -1.39. The van der Waals surface area contributed by atoms with E-state index in [4.69, 9.17) is 9.47 Å². The number of ether oxygens (including phenoxy) is 2. The topological polar surface area (TPSA) is 38.8 Å². The predicted molar refractivity (Wildman–Crippen MR) is 74.8 cm³/mol. The van der Waals surface area contributed by atoms with E-state index in [1.807, 2.05) is 36.9 Å². The van der Waals surface area contributed by atoms with Gasteiger partial charge in [0, 0.05) is 20.2 Å². The highest BCUT2D eigenvalue weighted by Crippen LogP contribution is 2.06. The minimum atomic E-state index is -0.193. The van der Waals surface area contributed by atoms with Gasteiger partial charge in [-0.25, -0.2) is 0 Å². The van der Waals surface area contributed by atoms with E-state index in [1.54, 1.807) is 7.11 Å². The minimum Gasteiger partial charge on any atom is -0.465 e. The highest BCUT2D eigenvalue weighted by Gasteiger charge is 2.15. The van der Waals surface area contributed by atoms with Crippen LogP contribution in [-0.4, -0.2) is 43.8 Å². The highest BCUT2D eigenvalue weighted by molar-refractivity contribution is 5.71. The molecule has 0 aliphatic rings. The van der Waals surface area contributed by atoms with Gasteiger partial charge in [-0.1, -0.05) is 30.3 Å². The fourth-order valence-corrected chi connectivity index (χ4v) is 1.85. The van der Waals surface area contributed by atoms with Gasteiger partial charge in [0.15, 0.2) is 0 Å². The van der Waals surface area contributed by atoms with Crippen molar-refractivity contribution < 1.29 is 14.3 Å². The van der Waals surface area contributed by atoms with Crippen LogP contribution in [0.4, 0.5) is 0 Å². The number of nitrogens with zero attached hydrogens (tertiary/aromatic N) is 1. The summed E-state index contributed by atoms with van der Waals surface area (Å²) < 4.78 is 10.3. The summed E-state index contributed by atoms with van der Waals surface area (Å²) in [5, 5.41) is 0. The maximum absolute atomic E-state index is 11.6. The van der Waals surface area contributed by atoms with Crippen molar-refractivity contribution in [3.05, 3.63) is 35.9 Å². The molecule has 1 aromatic rings. The number of rotatable bonds is 8. The lowest BCUT2D eigenvalue weighted by molar-refractivity contribution is -0.144. The molecule has 0 saturated carbocycles. The molecule has 0 bridgehead atoms. The Balaban J connectivity index is 2.60. The fraction of sp³-hybridized carbons (Fsp3) is 0.533. The van der Waals surface area contributed by atoms with Crippen molar-refractivity contribution in [2.24, 2.45) is 0 Å². The molecule has 0 fully saturated rings. The molecule has 19 heavy (non-hydrogen) atoms. The first-order valence-corrected chi connectivity index (χ1v) is 6.60. The van der Waals surface area contributed by atoms with Crippen molar-refractivity contribution in [1.29, 1.82) is 0 Å². The molecule has 1 rings (SSSR count). The summed E-state index contributed by atoms with van der Waals surface area (Å²) in [5.74, 6) is -0.193. The van der Waals surface area contributed by atoms with E-state index in [2.05, 4.69) is 12.1 Å². The van der Waals surface area contributed by atoms with Gasteiger partial charge in [-0.15, -0.1) is 0 Å². The molecule has 106 valence electrons. The van der Waals surface area contributed by atoms with E-state index in [1.165, 1.54) is 5.56 Å². The summed E-state index contributed by atoms with van der Waals surface area (Å²) in [4.78, 5) is 13.7. The third-order valence-electron chi connectivity index (χ3n) is 2.82.